The molecule has 1 amide bonds. The van der Waals surface area contributed by atoms with Gasteiger partial charge in [-0.2, -0.15) is 0 Å². The number of hydrogen-bond acceptors (Lipinski definition) is 5. The van der Waals surface area contributed by atoms with Crippen LogP contribution in [-0.4, -0.2) is 59.7 Å². The fourth-order valence-electron chi connectivity index (χ4n) is 2.99. The number of benzene rings is 1. The minimum atomic E-state index is -0.972. The highest BCUT2D eigenvalue weighted by Crippen LogP contribution is 2.22. The van der Waals surface area contributed by atoms with Crippen LogP contribution >= 0.6 is 0 Å². The highest BCUT2D eigenvalue weighted by Gasteiger charge is 2.25. The van der Waals surface area contributed by atoms with Gasteiger partial charge in [0.05, 0.1) is 17.9 Å². The molecule has 2 N–H and O–H groups in total. The van der Waals surface area contributed by atoms with E-state index in [0.29, 0.717) is 31.0 Å². The van der Waals surface area contributed by atoms with Crippen molar-refractivity contribution in [3.05, 3.63) is 53.7 Å². The molecule has 0 spiro atoms. The van der Waals surface area contributed by atoms with Crippen LogP contribution in [0.3, 0.4) is 0 Å². The number of pyridine rings is 1. The van der Waals surface area contributed by atoms with Gasteiger partial charge in [-0.3, -0.25) is 14.7 Å². The molecule has 1 fully saturated rings. The molecule has 3 rings (SSSR count). The van der Waals surface area contributed by atoms with Crippen molar-refractivity contribution in [1.29, 1.82) is 0 Å². The molecule has 0 saturated carbocycles. The normalized spacial score (nSPS) is 17.7. The Kier molecular flexibility index (Phi) is 5.60. The average molecular weight is 355 g/mol. The van der Waals surface area contributed by atoms with E-state index in [9.17, 15) is 14.7 Å². The van der Waals surface area contributed by atoms with Crippen LogP contribution in [0.25, 0.3) is 11.3 Å². The summed E-state index contributed by atoms with van der Waals surface area (Å²) in [6, 6.07) is 10.6. The summed E-state index contributed by atoms with van der Waals surface area (Å²) in [5, 5.41) is 11.9. The lowest BCUT2D eigenvalue weighted by Crippen LogP contribution is -2.48. The standard InChI is InChI=1S/C19H21N3O4/c1-20-18(23)17-12-22(8-9-26-17)11-13-6-7-16(21-10-13)14-4-2-3-5-15(14)19(24)25/h2-7,10,17H,8-9,11-12H2,1H3,(H,20,23)(H,24,25)/t17-/m1/s1. The van der Waals surface area contributed by atoms with Crippen molar-refractivity contribution in [2.24, 2.45) is 0 Å². The SMILES string of the molecule is CNC(=O)[C@H]1CN(Cc2ccc(-c3ccccc3C(=O)O)nc2)CCO1. The summed E-state index contributed by atoms with van der Waals surface area (Å²) in [7, 11) is 1.60. The molecule has 136 valence electrons. The number of rotatable bonds is 5. The van der Waals surface area contributed by atoms with Crippen LogP contribution in [0.4, 0.5) is 0 Å². The second kappa shape index (κ2) is 8.07. The lowest BCUT2D eigenvalue weighted by molar-refractivity contribution is -0.138. The smallest absolute Gasteiger partial charge is 0.336 e. The zero-order valence-electron chi connectivity index (χ0n) is 14.5. The summed E-state index contributed by atoms with van der Waals surface area (Å²) in [5.74, 6) is -1.09. The Morgan fingerprint density at radius 1 is 1.31 bits per heavy atom. The van der Waals surface area contributed by atoms with Crippen LogP contribution in [0.5, 0.6) is 0 Å². The van der Waals surface area contributed by atoms with E-state index >= 15 is 0 Å². The summed E-state index contributed by atoms with van der Waals surface area (Å²) in [5.41, 5.74) is 2.45. The van der Waals surface area contributed by atoms with Gasteiger partial charge in [-0.05, 0) is 17.7 Å². The number of nitrogens with one attached hydrogen (secondary N) is 1. The number of amides is 1. The minimum absolute atomic E-state index is 0.117. The Bertz CT molecular complexity index is 792. The molecular weight excluding hydrogens is 334 g/mol. The molecule has 7 heteroatoms. The zero-order valence-corrected chi connectivity index (χ0v) is 14.5. The summed E-state index contributed by atoms with van der Waals surface area (Å²) < 4.78 is 5.49. The van der Waals surface area contributed by atoms with Crippen LogP contribution in [0.1, 0.15) is 15.9 Å². The molecule has 0 aliphatic carbocycles. The Morgan fingerprint density at radius 3 is 2.81 bits per heavy atom. The Balaban J connectivity index is 1.71. The number of hydrogen-bond donors (Lipinski definition) is 2. The van der Waals surface area contributed by atoms with Gasteiger partial charge in [-0.25, -0.2) is 4.79 Å². The van der Waals surface area contributed by atoms with Crippen LogP contribution in [-0.2, 0) is 16.1 Å². The first-order chi connectivity index (χ1) is 12.6. The van der Waals surface area contributed by atoms with E-state index < -0.39 is 12.1 Å². The summed E-state index contributed by atoms with van der Waals surface area (Å²) in [6.45, 7) is 2.45. The van der Waals surface area contributed by atoms with E-state index in [1.54, 1.807) is 37.5 Å². The third kappa shape index (κ3) is 4.07. The topological polar surface area (TPSA) is 91.8 Å². The number of likely N-dealkylation sites (N-methyl/N-ethyl adjacent to an activating group) is 1. The van der Waals surface area contributed by atoms with Crippen LogP contribution in [0, 0.1) is 0 Å². The fourth-order valence-corrected chi connectivity index (χ4v) is 2.99. The number of aromatic nitrogens is 1. The maximum atomic E-state index is 11.7. The molecule has 0 unspecified atom stereocenters. The van der Waals surface area contributed by atoms with Crippen molar-refractivity contribution in [2.45, 2.75) is 12.6 Å². The number of carboxylic acids is 1. The maximum absolute atomic E-state index is 11.7. The lowest BCUT2D eigenvalue weighted by Gasteiger charge is -2.31. The summed E-state index contributed by atoms with van der Waals surface area (Å²) in [6.07, 6.45) is 1.29. The number of carbonyl (C=O) groups is 2. The fraction of sp³-hybridized carbons (Fsp3) is 0.316. The summed E-state index contributed by atoms with van der Waals surface area (Å²) >= 11 is 0. The number of nitrogens with zero attached hydrogens (tertiary/aromatic N) is 2. The van der Waals surface area contributed by atoms with Crippen molar-refractivity contribution in [3.8, 4) is 11.3 Å². The van der Waals surface area contributed by atoms with Crippen LogP contribution in [0.2, 0.25) is 0 Å². The van der Waals surface area contributed by atoms with Crippen molar-refractivity contribution in [1.82, 2.24) is 15.2 Å². The average Bonchev–Trinajstić information content (AvgIpc) is 2.68. The predicted molar refractivity (Wildman–Crippen MR) is 95.7 cm³/mol. The van der Waals surface area contributed by atoms with Crippen LogP contribution in [0.15, 0.2) is 42.6 Å². The number of carboxylic acid groups (broad SMARTS) is 1. The zero-order chi connectivity index (χ0) is 18.5. The van der Waals surface area contributed by atoms with Crippen LogP contribution < -0.4 is 5.32 Å². The van der Waals surface area contributed by atoms with E-state index in [1.807, 2.05) is 12.1 Å². The van der Waals surface area contributed by atoms with Gasteiger partial charge in [0.2, 0.25) is 5.91 Å². The quantitative estimate of drug-likeness (QED) is 0.842. The molecule has 1 aromatic carbocycles. The molecule has 0 radical (unpaired) electrons. The first-order valence-corrected chi connectivity index (χ1v) is 8.41. The second-order valence-electron chi connectivity index (χ2n) is 6.11. The predicted octanol–water partition coefficient (Wildman–Crippen LogP) is 1.39. The molecule has 1 aliphatic heterocycles. The molecule has 7 nitrogen and oxygen atoms in total. The molecular formula is C19H21N3O4. The van der Waals surface area contributed by atoms with E-state index in [-0.39, 0.29) is 11.5 Å². The van der Waals surface area contributed by atoms with Gasteiger partial charge in [-0.1, -0.05) is 24.3 Å². The Labute approximate surface area is 151 Å². The monoisotopic (exact) mass is 355 g/mol. The molecule has 1 aliphatic rings. The highest BCUT2D eigenvalue weighted by molar-refractivity contribution is 5.95. The molecule has 2 aromatic rings. The van der Waals surface area contributed by atoms with E-state index in [2.05, 4.69) is 15.2 Å². The van der Waals surface area contributed by atoms with Crippen molar-refractivity contribution >= 4 is 11.9 Å². The van der Waals surface area contributed by atoms with Gasteiger partial charge in [0, 0.05) is 38.4 Å². The molecule has 1 atom stereocenters. The van der Waals surface area contributed by atoms with Gasteiger partial charge in [0.15, 0.2) is 0 Å². The van der Waals surface area contributed by atoms with Gasteiger partial charge in [0.25, 0.3) is 0 Å². The van der Waals surface area contributed by atoms with Crippen molar-refractivity contribution < 1.29 is 19.4 Å². The molecule has 2 heterocycles. The first kappa shape index (κ1) is 18.0. The van der Waals surface area contributed by atoms with E-state index in [4.69, 9.17) is 4.74 Å². The molecule has 1 aromatic heterocycles. The second-order valence-corrected chi connectivity index (χ2v) is 6.11. The Hall–Kier alpha value is -2.77. The number of ether oxygens (including phenoxy) is 1. The lowest BCUT2D eigenvalue weighted by atomic mass is 10.0. The molecule has 1 saturated heterocycles. The third-order valence-electron chi connectivity index (χ3n) is 4.35. The molecule has 26 heavy (non-hydrogen) atoms. The molecule has 0 bridgehead atoms. The number of carbonyl (C=O) groups excluding carboxylic acids is 1. The van der Waals surface area contributed by atoms with E-state index in [1.165, 1.54) is 0 Å². The van der Waals surface area contributed by atoms with Gasteiger partial charge in [-0.15, -0.1) is 0 Å². The van der Waals surface area contributed by atoms with E-state index in [0.717, 1.165) is 12.1 Å². The minimum Gasteiger partial charge on any atom is -0.478 e. The first-order valence-electron chi connectivity index (χ1n) is 8.41. The third-order valence-corrected chi connectivity index (χ3v) is 4.35. The number of aromatic carboxylic acids is 1. The van der Waals surface area contributed by atoms with Gasteiger partial charge < -0.3 is 15.2 Å². The summed E-state index contributed by atoms with van der Waals surface area (Å²) in [4.78, 5) is 29.7. The Morgan fingerprint density at radius 2 is 2.12 bits per heavy atom. The van der Waals surface area contributed by atoms with Gasteiger partial charge in [0.1, 0.15) is 6.10 Å². The van der Waals surface area contributed by atoms with Gasteiger partial charge >= 0.3 is 5.97 Å². The highest BCUT2D eigenvalue weighted by atomic mass is 16.5. The number of morpholine rings is 1. The van der Waals surface area contributed by atoms with Crippen molar-refractivity contribution in [2.75, 3.05) is 26.7 Å². The maximum Gasteiger partial charge on any atom is 0.336 e. The van der Waals surface area contributed by atoms with Crippen molar-refractivity contribution in [3.63, 3.8) is 0 Å². The largest absolute Gasteiger partial charge is 0.478 e.